The Morgan fingerprint density at radius 3 is 2.72 bits per heavy atom. The highest BCUT2D eigenvalue weighted by Gasteiger charge is 2.11. The molecule has 32 heavy (non-hydrogen) atoms. The number of benzene rings is 2. The van der Waals surface area contributed by atoms with Gasteiger partial charge in [0.2, 0.25) is 0 Å². The van der Waals surface area contributed by atoms with Gasteiger partial charge in [0.1, 0.15) is 11.6 Å². The zero-order valence-electron chi connectivity index (χ0n) is 17.7. The zero-order valence-corrected chi connectivity index (χ0v) is 18.5. The molecule has 164 valence electrons. The fourth-order valence-electron chi connectivity index (χ4n) is 3.57. The number of nitrogens with zero attached hydrogens (tertiary/aromatic N) is 3. The van der Waals surface area contributed by atoms with Gasteiger partial charge in [-0.05, 0) is 49.2 Å². The van der Waals surface area contributed by atoms with Crippen molar-refractivity contribution < 1.29 is 9.53 Å². The molecule has 2 aromatic heterocycles. The Balaban J connectivity index is 1.34. The topological polar surface area (TPSA) is 69.0 Å². The molecule has 1 N–H and O–H groups in total. The summed E-state index contributed by atoms with van der Waals surface area (Å²) in [7, 11) is 0. The van der Waals surface area contributed by atoms with Crippen molar-refractivity contribution in [2.24, 2.45) is 0 Å². The van der Waals surface area contributed by atoms with Crippen molar-refractivity contribution >= 4 is 28.5 Å². The van der Waals surface area contributed by atoms with Crippen molar-refractivity contribution in [3.8, 4) is 5.75 Å². The molecule has 0 aliphatic heterocycles. The Bertz CT molecular complexity index is 1180. The van der Waals surface area contributed by atoms with Crippen LogP contribution >= 0.6 is 11.6 Å². The van der Waals surface area contributed by atoms with Crippen LogP contribution in [0.4, 0.5) is 0 Å². The molecule has 0 saturated carbocycles. The first-order valence-electron chi connectivity index (χ1n) is 10.7. The van der Waals surface area contributed by atoms with Gasteiger partial charge in [-0.2, -0.15) is 0 Å². The lowest BCUT2D eigenvalue weighted by atomic mass is 10.2. The fourth-order valence-corrected chi connectivity index (χ4v) is 3.76. The average Bonchev–Trinajstić information content (AvgIpc) is 3.18. The normalized spacial score (nSPS) is 10.9. The number of halogens is 1. The molecule has 0 bridgehead atoms. The second kappa shape index (κ2) is 10.8. The van der Waals surface area contributed by atoms with Gasteiger partial charge in [-0.25, -0.2) is 4.98 Å². The lowest BCUT2D eigenvalue weighted by Crippen LogP contribution is -2.26. The Labute approximate surface area is 192 Å². The molecule has 4 aromatic rings. The lowest BCUT2D eigenvalue weighted by molar-refractivity contribution is 0.0953. The van der Waals surface area contributed by atoms with Gasteiger partial charge in [0.15, 0.2) is 0 Å². The Hall–Kier alpha value is -3.38. The Kier molecular flexibility index (Phi) is 7.35. The third-order valence-electron chi connectivity index (χ3n) is 5.16. The van der Waals surface area contributed by atoms with Gasteiger partial charge in [-0.1, -0.05) is 35.9 Å². The van der Waals surface area contributed by atoms with E-state index in [2.05, 4.69) is 20.9 Å². The third-order valence-corrected chi connectivity index (χ3v) is 5.47. The Morgan fingerprint density at radius 2 is 1.88 bits per heavy atom. The van der Waals surface area contributed by atoms with Crippen LogP contribution in [0.15, 0.2) is 73.1 Å². The van der Waals surface area contributed by atoms with E-state index in [-0.39, 0.29) is 5.91 Å². The number of hydrogen-bond donors (Lipinski definition) is 1. The number of aryl methyl sites for hydroxylation is 1. The number of carbonyl (C=O) groups excluding carboxylic acids is 1. The SMILES string of the molecule is O=C(NCCc1nc2ccccc2n1CCCCOc1ccccc1Cl)c1cccnc1. The highest BCUT2D eigenvalue weighted by molar-refractivity contribution is 6.32. The summed E-state index contributed by atoms with van der Waals surface area (Å²) in [4.78, 5) is 21.1. The van der Waals surface area contributed by atoms with Crippen LogP contribution in [0, 0.1) is 0 Å². The van der Waals surface area contributed by atoms with E-state index in [9.17, 15) is 4.79 Å². The molecule has 0 aliphatic carbocycles. The van der Waals surface area contributed by atoms with Gasteiger partial charge in [0.25, 0.3) is 5.91 Å². The average molecular weight is 449 g/mol. The molecule has 0 fully saturated rings. The van der Waals surface area contributed by atoms with Crippen molar-refractivity contribution in [3.63, 3.8) is 0 Å². The number of imidazole rings is 1. The van der Waals surface area contributed by atoms with Crippen molar-refractivity contribution in [2.75, 3.05) is 13.2 Å². The summed E-state index contributed by atoms with van der Waals surface area (Å²) in [6.07, 6.45) is 5.71. The van der Waals surface area contributed by atoms with Gasteiger partial charge in [0.05, 0.1) is 28.2 Å². The number of pyridine rings is 1. The standard InChI is InChI=1S/C25H25ClN4O2/c26-20-9-1-4-12-23(20)32-17-6-5-16-30-22-11-3-2-10-21(22)29-24(30)13-15-28-25(31)19-8-7-14-27-18-19/h1-4,7-12,14,18H,5-6,13,15-17H2,(H,28,31). The van der Waals surface area contributed by atoms with Crippen molar-refractivity contribution in [2.45, 2.75) is 25.8 Å². The number of ether oxygens (including phenoxy) is 1. The number of unbranched alkanes of at least 4 members (excludes halogenated alkanes) is 1. The Morgan fingerprint density at radius 1 is 1.03 bits per heavy atom. The third kappa shape index (κ3) is 5.45. The van der Waals surface area contributed by atoms with Crippen LogP contribution in [0.5, 0.6) is 5.75 Å². The summed E-state index contributed by atoms with van der Waals surface area (Å²) >= 11 is 6.14. The predicted molar refractivity (Wildman–Crippen MR) is 126 cm³/mol. The van der Waals surface area contributed by atoms with Gasteiger partial charge < -0.3 is 14.6 Å². The molecule has 7 heteroatoms. The smallest absolute Gasteiger partial charge is 0.252 e. The molecule has 4 rings (SSSR count). The number of carbonyl (C=O) groups is 1. The van der Waals surface area contributed by atoms with Crippen LogP contribution in [-0.4, -0.2) is 33.6 Å². The van der Waals surface area contributed by atoms with Crippen LogP contribution in [0.3, 0.4) is 0 Å². The lowest BCUT2D eigenvalue weighted by Gasteiger charge is -2.11. The minimum absolute atomic E-state index is 0.127. The number of aromatic nitrogens is 3. The maximum absolute atomic E-state index is 12.3. The number of hydrogen-bond acceptors (Lipinski definition) is 4. The van der Waals surface area contributed by atoms with E-state index in [1.165, 1.54) is 0 Å². The van der Waals surface area contributed by atoms with Crippen LogP contribution < -0.4 is 10.1 Å². The fraction of sp³-hybridized carbons (Fsp3) is 0.240. The molecule has 2 heterocycles. The molecule has 2 aromatic carbocycles. The monoisotopic (exact) mass is 448 g/mol. The molecule has 0 atom stereocenters. The number of amides is 1. The van der Waals surface area contributed by atoms with Gasteiger partial charge in [0, 0.05) is 31.9 Å². The first kappa shape index (κ1) is 21.8. The summed E-state index contributed by atoms with van der Waals surface area (Å²) in [6, 6.07) is 19.1. The number of para-hydroxylation sites is 3. The van der Waals surface area contributed by atoms with Crippen LogP contribution in [-0.2, 0) is 13.0 Å². The highest BCUT2D eigenvalue weighted by atomic mass is 35.5. The summed E-state index contributed by atoms with van der Waals surface area (Å²) in [5.41, 5.74) is 2.63. The minimum atomic E-state index is -0.127. The summed E-state index contributed by atoms with van der Waals surface area (Å²) in [5, 5.41) is 3.58. The second-order valence-electron chi connectivity index (χ2n) is 7.40. The van der Waals surface area contributed by atoms with Gasteiger partial charge >= 0.3 is 0 Å². The van der Waals surface area contributed by atoms with E-state index in [4.69, 9.17) is 21.3 Å². The van der Waals surface area contributed by atoms with E-state index in [1.807, 2.05) is 42.5 Å². The molecule has 0 radical (unpaired) electrons. The molecule has 0 saturated heterocycles. The molecule has 6 nitrogen and oxygen atoms in total. The number of rotatable bonds is 10. The largest absolute Gasteiger partial charge is 0.492 e. The maximum atomic E-state index is 12.3. The van der Waals surface area contributed by atoms with Gasteiger partial charge in [-0.15, -0.1) is 0 Å². The molecule has 0 aliphatic rings. The number of nitrogens with one attached hydrogen (secondary N) is 1. The summed E-state index contributed by atoms with van der Waals surface area (Å²) in [6.45, 7) is 1.94. The van der Waals surface area contributed by atoms with Crippen LogP contribution in [0.25, 0.3) is 11.0 Å². The first-order valence-corrected chi connectivity index (χ1v) is 11.1. The first-order chi connectivity index (χ1) is 15.7. The van der Waals surface area contributed by atoms with E-state index in [0.29, 0.717) is 35.9 Å². The summed E-state index contributed by atoms with van der Waals surface area (Å²) < 4.78 is 8.03. The van der Waals surface area contributed by atoms with Gasteiger partial charge in [-0.3, -0.25) is 9.78 Å². The second-order valence-corrected chi connectivity index (χ2v) is 7.81. The van der Waals surface area contributed by atoms with E-state index in [1.54, 1.807) is 24.5 Å². The highest BCUT2D eigenvalue weighted by Crippen LogP contribution is 2.23. The predicted octanol–water partition coefficient (Wildman–Crippen LogP) is 4.92. The van der Waals surface area contributed by atoms with Crippen LogP contribution in [0.2, 0.25) is 5.02 Å². The molecular formula is C25H25ClN4O2. The maximum Gasteiger partial charge on any atom is 0.252 e. The van der Waals surface area contributed by atoms with Crippen molar-refractivity contribution in [3.05, 3.63) is 89.5 Å². The van der Waals surface area contributed by atoms with Crippen LogP contribution in [0.1, 0.15) is 29.0 Å². The quantitative estimate of drug-likeness (QED) is 0.350. The molecule has 0 spiro atoms. The van der Waals surface area contributed by atoms with Crippen molar-refractivity contribution in [1.29, 1.82) is 0 Å². The van der Waals surface area contributed by atoms with Crippen molar-refractivity contribution in [1.82, 2.24) is 19.9 Å². The zero-order chi connectivity index (χ0) is 22.2. The molecule has 1 amide bonds. The van der Waals surface area contributed by atoms with E-state index < -0.39 is 0 Å². The molecule has 0 unspecified atom stereocenters. The minimum Gasteiger partial charge on any atom is -0.492 e. The van der Waals surface area contributed by atoms with E-state index in [0.717, 1.165) is 36.2 Å². The van der Waals surface area contributed by atoms with E-state index >= 15 is 0 Å². The summed E-state index contributed by atoms with van der Waals surface area (Å²) in [5.74, 6) is 1.55. The number of fused-ring (bicyclic) bond motifs is 1. The molecular weight excluding hydrogens is 424 g/mol.